The number of para-hydroxylation sites is 1. The molecule has 0 spiro atoms. The fourth-order valence-corrected chi connectivity index (χ4v) is 2.26. The molecule has 0 aromatic heterocycles. The van der Waals surface area contributed by atoms with Gasteiger partial charge in [-0.1, -0.05) is 38.7 Å². The van der Waals surface area contributed by atoms with Crippen molar-refractivity contribution in [3.63, 3.8) is 0 Å². The molecule has 0 aliphatic rings. The van der Waals surface area contributed by atoms with E-state index in [9.17, 15) is 13.6 Å². The highest BCUT2D eigenvalue weighted by atomic mass is 19.1. The third-order valence-corrected chi connectivity index (χ3v) is 3.38. The van der Waals surface area contributed by atoms with Crippen molar-refractivity contribution < 1.29 is 18.7 Å². The van der Waals surface area contributed by atoms with Gasteiger partial charge in [0.15, 0.2) is 0 Å². The van der Waals surface area contributed by atoms with E-state index in [1.54, 1.807) is 0 Å². The zero-order valence-electron chi connectivity index (χ0n) is 12.4. The Morgan fingerprint density at radius 1 is 1.10 bits per heavy atom. The second kappa shape index (κ2) is 9.32. The monoisotopic (exact) mass is 299 g/mol. The third-order valence-electron chi connectivity index (χ3n) is 3.38. The molecule has 0 aliphatic carbocycles. The first-order chi connectivity index (χ1) is 10.1. The van der Waals surface area contributed by atoms with Crippen LogP contribution in [0.1, 0.15) is 45.4 Å². The van der Waals surface area contributed by atoms with Crippen LogP contribution in [0.15, 0.2) is 18.2 Å². The highest BCUT2D eigenvalue weighted by molar-refractivity contribution is 5.67. The van der Waals surface area contributed by atoms with Gasteiger partial charge in [0.2, 0.25) is 0 Å². The molecule has 0 heterocycles. The SMILES string of the molecule is CCCCCCCN(CCC(=O)O)c1c(F)cccc1F. The first-order valence-corrected chi connectivity index (χ1v) is 7.47. The van der Waals surface area contributed by atoms with Crippen LogP contribution >= 0.6 is 0 Å². The van der Waals surface area contributed by atoms with Gasteiger partial charge in [-0.05, 0) is 18.6 Å². The highest BCUT2D eigenvalue weighted by Crippen LogP contribution is 2.24. The van der Waals surface area contributed by atoms with E-state index in [1.807, 2.05) is 0 Å². The van der Waals surface area contributed by atoms with Crippen LogP contribution in [-0.2, 0) is 4.79 Å². The summed E-state index contributed by atoms with van der Waals surface area (Å²) in [6.45, 7) is 2.70. The van der Waals surface area contributed by atoms with Crippen LogP contribution in [0, 0.1) is 11.6 Å². The molecule has 0 saturated carbocycles. The Kier molecular flexibility index (Phi) is 7.72. The second-order valence-electron chi connectivity index (χ2n) is 5.12. The summed E-state index contributed by atoms with van der Waals surface area (Å²) >= 11 is 0. The molecular weight excluding hydrogens is 276 g/mol. The van der Waals surface area contributed by atoms with Crippen molar-refractivity contribution in [3.05, 3.63) is 29.8 Å². The van der Waals surface area contributed by atoms with Crippen LogP contribution in [0.3, 0.4) is 0 Å². The highest BCUT2D eigenvalue weighted by Gasteiger charge is 2.17. The average Bonchev–Trinajstić information content (AvgIpc) is 2.43. The number of carboxylic acids is 1. The minimum absolute atomic E-state index is 0.112. The first-order valence-electron chi connectivity index (χ1n) is 7.47. The number of anilines is 1. The molecule has 1 N–H and O–H groups in total. The van der Waals surface area contributed by atoms with Crippen LogP contribution in [0.5, 0.6) is 0 Å². The molecule has 0 amide bonds. The van der Waals surface area contributed by atoms with E-state index in [0.29, 0.717) is 6.54 Å². The van der Waals surface area contributed by atoms with Crippen LogP contribution in [0.25, 0.3) is 0 Å². The van der Waals surface area contributed by atoms with Gasteiger partial charge in [-0.25, -0.2) is 8.78 Å². The van der Waals surface area contributed by atoms with Gasteiger partial charge in [0.25, 0.3) is 0 Å². The zero-order chi connectivity index (χ0) is 15.7. The predicted molar refractivity (Wildman–Crippen MR) is 79.6 cm³/mol. The number of halogens is 2. The van der Waals surface area contributed by atoms with Gasteiger partial charge in [0.1, 0.15) is 17.3 Å². The van der Waals surface area contributed by atoms with Crippen molar-refractivity contribution in [3.8, 4) is 0 Å². The van der Waals surface area contributed by atoms with E-state index < -0.39 is 17.6 Å². The molecule has 3 nitrogen and oxygen atoms in total. The smallest absolute Gasteiger partial charge is 0.305 e. The summed E-state index contributed by atoms with van der Waals surface area (Å²) in [4.78, 5) is 12.2. The van der Waals surface area contributed by atoms with Gasteiger partial charge >= 0.3 is 5.97 Å². The number of hydrogen-bond acceptors (Lipinski definition) is 2. The maximum Gasteiger partial charge on any atom is 0.305 e. The lowest BCUT2D eigenvalue weighted by molar-refractivity contribution is -0.136. The van der Waals surface area contributed by atoms with Gasteiger partial charge < -0.3 is 10.0 Å². The molecule has 5 heteroatoms. The fourth-order valence-electron chi connectivity index (χ4n) is 2.26. The largest absolute Gasteiger partial charge is 0.481 e. The predicted octanol–water partition coefficient (Wildman–Crippen LogP) is 4.22. The number of benzene rings is 1. The van der Waals surface area contributed by atoms with Crippen LogP contribution < -0.4 is 4.90 Å². The fraction of sp³-hybridized carbons (Fsp3) is 0.562. The van der Waals surface area contributed by atoms with Crippen molar-refractivity contribution in [1.82, 2.24) is 0 Å². The Morgan fingerprint density at radius 2 is 1.71 bits per heavy atom. The van der Waals surface area contributed by atoms with Crippen LogP contribution in [0.4, 0.5) is 14.5 Å². The van der Waals surface area contributed by atoms with Gasteiger partial charge in [-0.2, -0.15) is 0 Å². The normalized spacial score (nSPS) is 10.6. The summed E-state index contributed by atoms with van der Waals surface area (Å²) < 4.78 is 27.7. The van der Waals surface area contributed by atoms with Crippen molar-refractivity contribution in [2.24, 2.45) is 0 Å². The minimum atomic E-state index is -0.970. The summed E-state index contributed by atoms with van der Waals surface area (Å²) in [5.41, 5.74) is -0.116. The molecule has 1 rings (SSSR count). The Labute approximate surface area is 124 Å². The Morgan fingerprint density at radius 3 is 2.29 bits per heavy atom. The molecule has 0 bridgehead atoms. The molecule has 118 valence electrons. The number of nitrogens with zero attached hydrogens (tertiary/aromatic N) is 1. The number of hydrogen-bond donors (Lipinski definition) is 1. The Bertz CT molecular complexity index is 432. The molecule has 0 atom stereocenters. The van der Waals surface area contributed by atoms with Gasteiger partial charge in [0, 0.05) is 13.1 Å². The first kappa shape index (κ1) is 17.4. The molecular formula is C16H23F2NO2. The Hall–Kier alpha value is -1.65. The maximum atomic E-state index is 13.8. The lowest BCUT2D eigenvalue weighted by Crippen LogP contribution is -2.29. The van der Waals surface area contributed by atoms with Crippen molar-refractivity contribution in [2.45, 2.75) is 45.4 Å². The number of rotatable bonds is 10. The summed E-state index contributed by atoms with van der Waals surface area (Å²) in [7, 11) is 0. The summed E-state index contributed by atoms with van der Waals surface area (Å²) in [6, 6.07) is 3.71. The van der Waals surface area contributed by atoms with Crippen molar-refractivity contribution in [2.75, 3.05) is 18.0 Å². The van der Waals surface area contributed by atoms with E-state index in [4.69, 9.17) is 5.11 Å². The minimum Gasteiger partial charge on any atom is -0.481 e. The maximum absolute atomic E-state index is 13.8. The van der Waals surface area contributed by atoms with E-state index in [0.717, 1.165) is 32.1 Å². The summed E-state index contributed by atoms with van der Waals surface area (Å²) in [5.74, 6) is -2.26. The van der Waals surface area contributed by atoms with Crippen LogP contribution in [0.2, 0.25) is 0 Å². The second-order valence-corrected chi connectivity index (χ2v) is 5.12. The quantitative estimate of drug-likeness (QED) is 0.658. The molecule has 1 aromatic carbocycles. The van der Waals surface area contributed by atoms with Gasteiger partial charge in [-0.3, -0.25) is 4.79 Å². The molecule has 1 aromatic rings. The lowest BCUT2D eigenvalue weighted by Gasteiger charge is -2.25. The third kappa shape index (κ3) is 6.10. The molecule has 0 radical (unpaired) electrons. The van der Waals surface area contributed by atoms with Crippen LogP contribution in [-0.4, -0.2) is 24.2 Å². The molecule has 0 saturated heterocycles. The molecule has 21 heavy (non-hydrogen) atoms. The standard InChI is InChI=1S/C16H23F2NO2/c1-2-3-4-5-6-11-19(12-10-15(20)21)16-13(17)8-7-9-14(16)18/h7-9H,2-6,10-12H2,1H3,(H,20,21). The topological polar surface area (TPSA) is 40.5 Å². The molecule has 0 aliphatic heterocycles. The molecule has 0 unspecified atom stereocenters. The Balaban J connectivity index is 2.69. The summed E-state index contributed by atoms with van der Waals surface area (Å²) in [5, 5.41) is 8.78. The van der Waals surface area contributed by atoms with E-state index in [1.165, 1.54) is 23.1 Å². The average molecular weight is 299 g/mol. The van der Waals surface area contributed by atoms with E-state index in [2.05, 4.69) is 6.92 Å². The van der Waals surface area contributed by atoms with Crippen molar-refractivity contribution in [1.29, 1.82) is 0 Å². The molecule has 0 fully saturated rings. The lowest BCUT2D eigenvalue weighted by atomic mass is 10.1. The van der Waals surface area contributed by atoms with Gasteiger partial charge in [0.05, 0.1) is 6.42 Å². The number of unbranched alkanes of at least 4 members (excludes halogenated alkanes) is 4. The zero-order valence-corrected chi connectivity index (χ0v) is 12.4. The van der Waals surface area contributed by atoms with E-state index >= 15 is 0 Å². The van der Waals surface area contributed by atoms with E-state index in [-0.39, 0.29) is 18.7 Å². The number of carboxylic acid groups (broad SMARTS) is 1. The van der Waals surface area contributed by atoms with Gasteiger partial charge in [-0.15, -0.1) is 0 Å². The number of carbonyl (C=O) groups is 1. The van der Waals surface area contributed by atoms with Crippen molar-refractivity contribution >= 4 is 11.7 Å². The summed E-state index contributed by atoms with van der Waals surface area (Å²) in [6.07, 6.45) is 5.00. The number of aliphatic carboxylic acids is 1.